The van der Waals surface area contributed by atoms with Crippen molar-refractivity contribution in [3.63, 3.8) is 0 Å². The first-order chi connectivity index (χ1) is 6.00. The van der Waals surface area contributed by atoms with E-state index in [0.29, 0.717) is 5.78 Å². The largest absolute Gasteiger partial charge is 0.303 e. The summed E-state index contributed by atoms with van der Waals surface area (Å²) in [5.41, 5.74) is -0.144. The highest BCUT2D eigenvalue weighted by atomic mass is 16.1. The van der Waals surface area contributed by atoms with E-state index in [9.17, 15) is 4.79 Å². The lowest BCUT2D eigenvalue weighted by Gasteiger charge is -2.30. The number of carbonyl (C=O) groups excluding carboxylic acids is 1. The van der Waals surface area contributed by atoms with E-state index in [1.54, 1.807) is 0 Å². The molecule has 0 spiro atoms. The summed E-state index contributed by atoms with van der Waals surface area (Å²) in [4.78, 5) is 13.9. The standard InChI is InChI=1S/C11H21NO/c1-11(2,3)10(13)6-4-7-12-8-5-9-12/h4-9H2,1-3H3. The Labute approximate surface area is 81.3 Å². The maximum absolute atomic E-state index is 11.5. The van der Waals surface area contributed by atoms with Gasteiger partial charge < -0.3 is 4.90 Å². The quantitative estimate of drug-likeness (QED) is 0.665. The summed E-state index contributed by atoms with van der Waals surface area (Å²) in [6.45, 7) is 9.59. The van der Waals surface area contributed by atoms with Crippen molar-refractivity contribution in [3.05, 3.63) is 0 Å². The molecule has 1 aliphatic heterocycles. The van der Waals surface area contributed by atoms with Crippen LogP contribution < -0.4 is 0 Å². The van der Waals surface area contributed by atoms with Gasteiger partial charge >= 0.3 is 0 Å². The van der Waals surface area contributed by atoms with E-state index < -0.39 is 0 Å². The van der Waals surface area contributed by atoms with Gasteiger partial charge in [-0.05, 0) is 32.5 Å². The Balaban J connectivity index is 2.08. The molecular weight excluding hydrogens is 162 g/mol. The fourth-order valence-corrected chi connectivity index (χ4v) is 1.44. The monoisotopic (exact) mass is 183 g/mol. The summed E-state index contributed by atoms with van der Waals surface area (Å²) >= 11 is 0. The fraction of sp³-hybridized carbons (Fsp3) is 0.909. The Hall–Kier alpha value is -0.370. The zero-order chi connectivity index (χ0) is 9.90. The van der Waals surface area contributed by atoms with E-state index in [4.69, 9.17) is 0 Å². The second kappa shape index (κ2) is 4.23. The van der Waals surface area contributed by atoms with Crippen LogP contribution in [0.1, 0.15) is 40.0 Å². The number of carbonyl (C=O) groups is 1. The van der Waals surface area contributed by atoms with Crippen molar-refractivity contribution in [2.45, 2.75) is 40.0 Å². The highest BCUT2D eigenvalue weighted by molar-refractivity contribution is 5.83. The van der Waals surface area contributed by atoms with Crippen LogP contribution in [-0.4, -0.2) is 30.3 Å². The van der Waals surface area contributed by atoms with E-state index in [1.165, 1.54) is 19.5 Å². The summed E-state index contributed by atoms with van der Waals surface area (Å²) in [7, 11) is 0. The van der Waals surface area contributed by atoms with Crippen molar-refractivity contribution in [2.75, 3.05) is 19.6 Å². The maximum atomic E-state index is 11.5. The molecule has 0 aromatic rings. The van der Waals surface area contributed by atoms with Crippen molar-refractivity contribution in [1.29, 1.82) is 0 Å². The fourth-order valence-electron chi connectivity index (χ4n) is 1.44. The molecule has 0 unspecified atom stereocenters. The molecule has 1 heterocycles. The summed E-state index contributed by atoms with van der Waals surface area (Å²) in [5, 5.41) is 0. The van der Waals surface area contributed by atoms with Gasteiger partial charge in [0, 0.05) is 11.8 Å². The molecule has 1 saturated heterocycles. The van der Waals surface area contributed by atoms with Crippen molar-refractivity contribution in [3.8, 4) is 0 Å². The van der Waals surface area contributed by atoms with Gasteiger partial charge in [-0.1, -0.05) is 20.8 Å². The Kier molecular flexibility index (Phi) is 3.48. The molecule has 0 amide bonds. The maximum Gasteiger partial charge on any atom is 0.138 e. The van der Waals surface area contributed by atoms with Gasteiger partial charge in [0.15, 0.2) is 0 Å². The van der Waals surface area contributed by atoms with Crippen molar-refractivity contribution < 1.29 is 4.79 Å². The van der Waals surface area contributed by atoms with Gasteiger partial charge in [0.2, 0.25) is 0 Å². The smallest absolute Gasteiger partial charge is 0.138 e. The van der Waals surface area contributed by atoms with E-state index >= 15 is 0 Å². The molecule has 1 fully saturated rings. The Bertz CT molecular complexity index is 177. The number of likely N-dealkylation sites (tertiary alicyclic amines) is 1. The van der Waals surface area contributed by atoms with Crippen LogP contribution in [0, 0.1) is 5.41 Å². The number of nitrogens with zero attached hydrogens (tertiary/aromatic N) is 1. The summed E-state index contributed by atoms with van der Waals surface area (Å²) in [5.74, 6) is 0.396. The number of hydrogen-bond donors (Lipinski definition) is 0. The Morgan fingerprint density at radius 1 is 1.31 bits per heavy atom. The number of ketones is 1. The van der Waals surface area contributed by atoms with Crippen molar-refractivity contribution >= 4 is 5.78 Å². The van der Waals surface area contributed by atoms with Crippen molar-refractivity contribution in [1.82, 2.24) is 4.90 Å². The minimum absolute atomic E-state index is 0.144. The lowest BCUT2D eigenvalue weighted by atomic mass is 9.88. The van der Waals surface area contributed by atoms with E-state index in [2.05, 4.69) is 4.90 Å². The van der Waals surface area contributed by atoms with E-state index in [0.717, 1.165) is 19.4 Å². The first-order valence-electron chi connectivity index (χ1n) is 5.26. The third-order valence-electron chi connectivity index (χ3n) is 2.66. The average Bonchev–Trinajstić information content (AvgIpc) is 1.91. The molecule has 0 radical (unpaired) electrons. The van der Waals surface area contributed by atoms with Crippen LogP contribution in [-0.2, 0) is 4.79 Å². The number of Topliss-reactive ketones (excluding diaryl/α,β-unsaturated/α-hetero) is 1. The zero-order valence-electron chi connectivity index (χ0n) is 9.10. The minimum atomic E-state index is -0.144. The summed E-state index contributed by atoms with van der Waals surface area (Å²) in [6, 6.07) is 0. The molecule has 0 saturated carbocycles. The highest BCUT2D eigenvalue weighted by Gasteiger charge is 2.21. The molecule has 0 N–H and O–H groups in total. The van der Waals surface area contributed by atoms with E-state index in [-0.39, 0.29) is 5.41 Å². The van der Waals surface area contributed by atoms with E-state index in [1.807, 2.05) is 20.8 Å². The molecule has 2 heteroatoms. The first-order valence-corrected chi connectivity index (χ1v) is 5.26. The van der Waals surface area contributed by atoms with Gasteiger partial charge in [0.1, 0.15) is 5.78 Å². The number of hydrogen-bond acceptors (Lipinski definition) is 2. The zero-order valence-corrected chi connectivity index (χ0v) is 9.10. The molecule has 1 aliphatic rings. The predicted molar refractivity (Wildman–Crippen MR) is 54.8 cm³/mol. The molecule has 76 valence electrons. The molecule has 0 atom stereocenters. The SMILES string of the molecule is CC(C)(C)C(=O)CCCN1CCC1. The molecule has 0 aromatic heterocycles. The van der Waals surface area contributed by atoms with Gasteiger partial charge in [-0.3, -0.25) is 4.79 Å². The van der Waals surface area contributed by atoms with Crippen LogP contribution in [0.15, 0.2) is 0 Å². The molecule has 13 heavy (non-hydrogen) atoms. The minimum Gasteiger partial charge on any atom is -0.303 e. The molecule has 2 nitrogen and oxygen atoms in total. The average molecular weight is 183 g/mol. The van der Waals surface area contributed by atoms with Crippen LogP contribution in [0.25, 0.3) is 0 Å². The summed E-state index contributed by atoms with van der Waals surface area (Å²) in [6.07, 6.45) is 3.13. The van der Waals surface area contributed by atoms with Gasteiger partial charge in [-0.2, -0.15) is 0 Å². The summed E-state index contributed by atoms with van der Waals surface area (Å²) < 4.78 is 0. The topological polar surface area (TPSA) is 20.3 Å². The van der Waals surface area contributed by atoms with Gasteiger partial charge in [0.25, 0.3) is 0 Å². The molecule has 0 bridgehead atoms. The van der Waals surface area contributed by atoms with Gasteiger partial charge in [-0.15, -0.1) is 0 Å². The lowest BCUT2D eigenvalue weighted by Crippen LogP contribution is -2.38. The normalized spacial score (nSPS) is 18.4. The Morgan fingerprint density at radius 2 is 1.92 bits per heavy atom. The molecular formula is C11H21NO. The predicted octanol–water partition coefficient (Wildman–Crippen LogP) is 2.09. The Morgan fingerprint density at radius 3 is 2.31 bits per heavy atom. The third-order valence-corrected chi connectivity index (χ3v) is 2.66. The lowest BCUT2D eigenvalue weighted by molar-refractivity contribution is -0.126. The second-order valence-corrected chi connectivity index (χ2v) is 4.97. The molecule has 0 aliphatic carbocycles. The molecule has 0 aromatic carbocycles. The second-order valence-electron chi connectivity index (χ2n) is 4.97. The van der Waals surface area contributed by atoms with Crippen molar-refractivity contribution in [2.24, 2.45) is 5.41 Å². The van der Waals surface area contributed by atoms with Crippen LogP contribution in [0.3, 0.4) is 0 Å². The van der Waals surface area contributed by atoms with Gasteiger partial charge in [-0.25, -0.2) is 0 Å². The van der Waals surface area contributed by atoms with Crippen LogP contribution in [0.2, 0.25) is 0 Å². The third kappa shape index (κ3) is 3.47. The van der Waals surface area contributed by atoms with Crippen LogP contribution >= 0.6 is 0 Å². The molecule has 1 rings (SSSR count). The van der Waals surface area contributed by atoms with Gasteiger partial charge in [0.05, 0.1) is 0 Å². The number of rotatable bonds is 4. The highest BCUT2D eigenvalue weighted by Crippen LogP contribution is 2.18. The first kappa shape index (κ1) is 10.7. The van der Waals surface area contributed by atoms with Crippen LogP contribution in [0.4, 0.5) is 0 Å². The van der Waals surface area contributed by atoms with Crippen LogP contribution in [0.5, 0.6) is 0 Å².